The molecule has 1 aliphatic rings. The Labute approximate surface area is 149 Å². The molecule has 26 heavy (non-hydrogen) atoms. The zero-order valence-corrected chi connectivity index (χ0v) is 14.3. The first-order valence-corrected chi connectivity index (χ1v) is 8.83. The smallest absolute Gasteiger partial charge is 0.202 e. The highest BCUT2D eigenvalue weighted by Gasteiger charge is 2.14. The van der Waals surface area contributed by atoms with Gasteiger partial charge in [-0.3, -0.25) is 14.7 Å². The van der Waals surface area contributed by atoms with Gasteiger partial charge in [0, 0.05) is 31.2 Å². The van der Waals surface area contributed by atoms with Crippen molar-refractivity contribution in [3.8, 4) is 0 Å². The molecule has 5 heteroatoms. The van der Waals surface area contributed by atoms with Crippen LogP contribution in [0.5, 0.6) is 0 Å². The second-order valence-electron chi connectivity index (χ2n) is 6.67. The van der Waals surface area contributed by atoms with Crippen molar-refractivity contribution in [3.05, 3.63) is 64.4 Å². The molecule has 0 unspecified atom stereocenters. The molecule has 0 atom stereocenters. The average molecular weight is 346 g/mol. The highest BCUT2D eigenvalue weighted by Crippen LogP contribution is 2.26. The fourth-order valence-electron chi connectivity index (χ4n) is 3.60. The summed E-state index contributed by atoms with van der Waals surface area (Å²) in [6.45, 7) is 4.28. The molecule has 0 spiro atoms. The van der Waals surface area contributed by atoms with E-state index in [0.717, 1.165) is 43.8 Å². The van der Waals surface area contributed by atoms with E-state index in [-0.39, 0.29) is 5.43 Å². The summed E-state index contributed by atoms with van der Waals surface area (Å²) in [7, 11) is 0. The largest absolute Gasteiger partial charge is 0.455 e. The third-order valence-electron chi connectivity index (χ3n) is 4.98. The van der Waals surface area contributed by atoms with Crippen LogP contribution in [-0.4, -0.2) is 36.2 Å². The van der Waals surface area contributed by atoms with Crippen molar-refractivity contribution in [2.75, 3.05) is 26.3 Å². The summed E-state index contributed by atoms with van der Waals surface area (Å²) in [4.78, 5) is 19.7. The number of aromatic nitrogens is 1. The summed E-state index contributed by atoms with van der Waals surface area (Å²) in [6, 6.07) is 13.5. The minimum atomic E-state index is -0.0326. The lowest BCUT2D eigenvalue weighted by Gasteiger charge is -2.26. The molecule has 0 aliphatic carbocycles. The standard InChI is InChI=1S/C21H18N2O3/c24-20-15-3-1-2-4-19(15)26-21-16-11-14(13-23-7-9-25-10-8-23)5-6-18(16)22-12-17(20)21/h1-6,11-12H,7-10,13H2. The van der Waals surface area contributed by atoms with E-state index >= 15 is 0 Å². The molecule has 5 rings (SSSR count). The Morgan fingerprint density at radius 3 is 2.73 bits per heavy atom. The lowest BCUT2D eigenvalue weighted by molar-refractivity contribution is 0.0342. The number of pyridine rings is 1. The topological polar surface area (TPSA) is 55.6 Å². The van der Waals surface area contributed by atoms with Gasteiger partial charge in [0.15, 0.2) is 0 Å². The molecular formula is C21H18N2O3. The van der Waals surface area contributed by atoms with Gasteiger partial charge in [0.05, 0.1) is 29.5 Å². The van der Waals surface area contributed by atoms with Crippen LogP contribution >= 0.6 is 0 Å². The number of fused-ring (bicyclic) bond motifs is 4. The van der Waals surface area contributed by atoms with Gasteiger partial charge in [0.1, 0.15) is 11.2 Å². The van der Waals surface area contributed by atoms with E-state index in [1.807, 2.05) is 24.3 Å². The van der Waals surface area contributed by atoms with E-state index in [2.05, 4.69) is 22.0 Å². The number of hydrogen-bond acceptors (Lipinski definition) is 5. The normalized spacial score (nSPS) is 15.8. The quantitative estimate of drug-likeness (QED) is 0.412. The Hall–Kier alpha value is -2.76. The molecule has 0 N–H and O–H groups in total. The summed E-state index contributed by atoms with van der Waals surface area (Å²) >= 11 is 0. The van der Waals surface area contributed by atoms with E-state index in [1.165, 1.54) is 5.56 Å². The van der Waals surface area contributed by atoms with Crippen LogP contribution in [-0.2, 0) is 11.3 Å². The summed E-state index contributed by atoms with van der Waals surface area (Å²) in [5, 5.41) is 2.00. The van der Waals surface area contributed by atoms with E-state index in [9.17, 15) is 4.79 Å². The maximum atomic E-state index is 12.8. The maximum Gasteiger partial charge on any atom is 0.202 e. The molecule has 0 saturated carbocycles. The zero-order valence-electron chi connectivity index (χ0n) is 14.3. The number of morpholine rings is 1. The van der Waals surface area contributed by atoms with E-state index < -0.39 is 0 Å². The molecule has 5 nitrogen and oxygen atoms in total. The van der Waals surface area contributed by atoms with Gasteiger partial charge >= 0.3 is 0 Å². The second kappa shape index (κ2) is 6.20. The van der Waals surface area contributed by atoms with Crippen LogP contribution in [0.1, 0.15) is 5.56 Å². The molecule has 2 aromatic carbocycles. The van der Waals surface area contributed by atoms with Gasteiger partial charge < -0.3 is 9.15 Å². The van der Waals surface area contributed by atoms with Gasteiger partial charge in [-0.05, 0) is 29.8 Å². The van der Waals surface area contributed by atoms with E-state index in [4.69, 9.17) is 9.15 Å². The third kappa shape index (κ3) is 2.57. The Bertz CT molecular complexity index is 1180. The van der Waals surface area contributed by atoms with Gasteiger partial charge in [-0.1, -0.05) is 18.2 Å². The first kappa shape index (κ1) is 15.5. The van der Waals surface area contributed by atoms with Crippen molar-refractivity contribution < 1.29 is 9.15 Å². The maximum absolute atomic E-state index is 12.8. The molecule has 0 bridgehead atoms. The predicted molar refractivity (Wildman–Crippen MR) is 101 cm³/mol. The fraction of sp³-hybridized carbons (Fsp3) is 0.238. The van der Waals surface area contributed by atoms with Crippen molar-refractivity contribution in [2.24, 2.45) is 0 Å². The van der Waals surface area contributed by atoms with Crippen LogP contribution < -0.4 is 5.43 Å². The second-order valence-corrected chi connectivity index (χ2v) is 6.67. The molecular weight excluding hydrogens is 328 g/mol. The highest BCUT2D eigenvalue weighted by atomic mass is 16.5. The van der Waals surface area contributed by atoms with Crippen LogP contribution in [0.3, 0.4) is 0 Å². The van der Waals surface area contributed by atoms with Crippen LogP contribution in [0.15, 0.2) is 57.9 Å². The van der Waals surface area contributed by atoms with Crippen molar-refractivity contribution in [3.63, 3.8) is 0 Å². The van der Waals surface area contributed by atoms with Crippen LogP contribution in [0.2, 0.25) is 0 Å². The molecule has 130 valence electrons. The molecule has 1 fully saturated rings. The molecule has 3 heterocycles. The van der Waals surface area contributed by atoms with Crippen molar-refractivity contribution in [1.29, 1.82) is 0 Å². The Balaban J connectivity index is 1.70. The molecule has 1 aliphatic heterocycles. The number of ether oxygens (including phenoxy) is 1. The van der Waals surface area contributed by atoms with Crippen molar-refractivity contribution in [1.82, 2.24) is 9.88 Å². The number of para-hydroxylation sites is 1. The summed E-state index contributed by atoms with van der Waals surface area (Å²) in [6.07, 6.45) is 1.62. The Morgan fingerprint density at radius 1 is 1.00 bits per heavy atom. The molecule has 4 aromatic rings. The van der Waals surface area contributed by atoms with Crippen molar-refractivity contribution >= 4 is 32.8 Å². The van der Waals surface area contributed by atoms with E-state index in [0.29, 0.717) is 21.9 Å². The first-order chi connectivity index (χ1) is 12.8. The molecule has 1 saturated heterocycles. The zero-order chi connectivity index (χ0) is 17.5. The SMILES string of the molecule is O=c1c2ccccc2oc2c1cnc1ccc(CN3CCOCC3)cc12. The summed E-state index contributed by atoms with van der Waals surface area (Å²) in [5.74, 6) is 0. The Kier molecular flexibility index (Phi) is 3.69. The predicted octanol–water partition coefficient (Wildman–Crippen LogP) is 3.33. The number of hydrogen-bond donors (Lipinski definition) is 0. The number of nitrogens with zero attached hydrogens (tertiary/aromatic N) is 2. The van der Waals surface area contributed by atoms with E-state index in [1.54, 1.807) is 12.3 Å². The molecule has 0 amide bonds. The minimum Gasteiger partial charge on any atom is -0.455 e. The van der Waals surface area contributed by atoms with Gasteiger partial charge in [-0.15, -0.1) is 0 Å². The van der Waals surface area contributed by atoms with Crippen molar-refractivity contribution in [2.45, 2.75) is 6.54 Å². The third-order valence-corrected chi connectivity index (χ3v) is 4.98. The summed E-state index contributed by atoms with van der Waals surface area (Å²) in [5.41, 5.74) is 3.21. The number of rotatable bonds is 2. The minimum absolute atomic E-state index is 0.0326. The molecule has 2 aromatic heterocycles. The van der Waals surface area contributed by atoms with Crippen LogP contribution in [0, 0.1) is 0 Å². The number of benzene rings is 2. The summed E-state index contributed by atoms with van der Waals surface area (Å²) < 4.78 is 11.5. The lowest BCUT2D eigenvalue weighted by Crippen LogP contribution is -2.35. The fourth-order valence-corrected chi connectivity index (χ4v) is 3.60. The first-order valence-electron chi connectivity index (χ1n) is 8.83. The van der Waals surface area contributed by atoms with Gasteiger partial charge in [-0.2, -0.15) is 0 Å². The highest BCUT2D eigenvalue weighted by molar-refractivity contribution is 6.04. The van der Waals surface area contributed by atoms with Crippen LogP contribution in [0.25, 0.3) is 32.8 Å². The van der Waals surface area contributed by atoms with Crippen LogP contribution in [0.4, 0.5) is 0 Å². The average Bonchev–Trinajstić information content (AvgIpc) is 2.69. The Morgan fingerprint density at radius 2 is 1.85 bits per heavy atom. The monoisotopic (exact) mass is 346 g/mol. The molecule has 0 radical (unpaired) electrons. The van der Waals surface area contributed by atoms with Gasteiger partial charge in [0.25, 0.3) is 0 Å². The lowest BCUT2D eigenvalue weighted by atomic mass is 10.1. The van der Waals surface area contributed by atoms with Gasteiger partial charge in [0.2, 0.25) is 5.43 Å². The van der Waals surface area contributed by atoms with Gasteiger partial charge in [-0.25, -0.2) is 0 Å².